The molecule has 2 rings (SSSR count). The highest BCUT2D eigenvalue weighted by atomic mass is 32.1. The quantitative estimate of drug-likeness (QED) is 0.832. The fourth-order valence-corrected chi connectivity index (χ4v) is 3.80. The lowest BCUT2D eigenvalue weighted by atomic mass is 9.98. The molecule has 4 nitrogen and oxygen atoms in total. The molecule has 118 valence electrons. The molecule has 1 aromatic carbocycles. The molecule has 0 spiro atoms. The van der Waals surface area contributed by atoms with Gasteiger partial charge in [-0.1, -0.05) is 23.5 Å². The van der Waals surface area contributed by atoms with Gasteiger partial charge >= 0.3 is 0 Å². The third-order valence-corrected chi connectivity index (χ3v) is 4.61. The lowest BCUT2D eigenvalue weighted by molar-refractivity contribution is -0.671. The van der Waals surface area contributed by atoms with Crippen LogP contribution in [0, 0.1) is 6.92 Å². The molecule has 1 aromatic heterocycles. The van der Waals surface area contributed by atoms with Crippen molar-refractivity contribution in [2.75, 3.05) is 0 Å². The Hall–Kier alpha value is -1.75. The third kappa shape index (κ3) is 4.13. The summed E-state index contributed by atoms with van der Waals surface area (Å²) in [5.41, 5.74) is 0.681. The molecule has 1 amide bonds. The summed E-state index contributed by atoms with van der Waals surface area (Å²) in [6.45, 7) is 8.03. The van der Waals surface area contributed by atoms with E-state index in [9.17, 15) is 9.59 Å². The van der Waals surface area contributed by atoms with Crippen molar-refractivity contribution < 1.29 is 14.2 Å². The van der Waals surface area contributed by atoms with Gasteiger partial charge in [-0.05, 0) is 26.8 Å². The summed E-state index contributed by atoms with van der Waals surface area (Å²) >= 11 is 1.74. The number of ketones is 1. The van der Waals surface area contributed by atoms with Crippen molar-refractivity contribution in [3.05, 3.63) is 29.3 Å². The third-order valence-electron chi connectivity index (χ3n) is 3.52. The van der Waals surface area contributed by atoms with E-state index in [1.165, 1.54) is 15.2 Å². The van der Waals surface area contributed by atoms with E-state index in [1.807, 2.05) is 26.0 Å². The summed E-state index contributed by atoms with van der Waals surface area (Å²) in [6, 6.07) is 8.22. The number of para-hydroxylation sites is 1. The van der Waals surface area contributed by atoms with Crippen LogP contribution >= 0.6 is 11.3 Å². The highest BCUT2D eigenvalue weighted by Gasteiger charge is 2.24. The Morgan fingerprint density at radius 1 is 1.27 bits per heavy atom. The van der Waals surface area contributed by atoms with Crippen molar-refractivity contribution in [1.82, 2.24) is 5.32 Å². The lowest BCUT2D eigenvalue weighted by Gasteiger charge is -2.24. The number of thiazole rings is 1. The van der Waals surface area contributed by atoms with Crippen molar-refractivity contribution >= 4 is 33.2 Å². The van der Waals surface area contributed by atoms with Gasteiger partial charge in [0.05, 0.1) is 6.42 Å². The highest BCUT2D eigenvalue weighted by Crippen LogP contribution is 2.19. The van der Waals surface area contributed by atoms with Crippen LogP contribution in [0.4, 0.5) is 0 Å². The first-order chi connectivity index (χ1) is 10.3. The van der Waals surface area contributed by atoms with Crippen molar-refractivity contribution in [3.8, 4) is 0 Å². The SMILES string of the molecule is CC(=O)CC(C)(C)NC(=O)CC[n+]1c(C)sc2ccccc21. The molecule has 0 fully saturated rings. The molecule has 1 heterocycles. The van der Waals surface area contributed by atoms with Gasteiger partial charge < -0.3 is 5.32 Å². The number of nitrogens with zero attached hydrogens (tertiary/aromatic N) is 1. The Morgan fingerprint density at radius 3 is 2.64 bits per heavy atom. The van der Waals surface area contributed by atoms with Crippen LogP contribution in [0.25, 0.3) is 10.2 Å². The maximum atomic E-state index is 12.2. The normalized spacial score (nSPS) is 11.6. The van der Waals surface area contributed by atoms with Crippen LogP contribution in [-0.4, -0.2) is 17.2 Å². The van der Waals surface area contributed by atoms with Gasteiger partial charge in [-0.3, -0.25) is 9.59 Å². The van der Waals surface area contributed by atoms with E-state index in [-0.39, 0.29) is 11.7 Å². The summed E-state index contributed by atoms with van der Waals surface area (Å²) in [6.07, 6.45) is 0.764. The molecule has 5 heteroatoms. The van der Waals surface area contributed by atoms with E-state index in [4.69, 9.17) is 0 Å². The Labute approximate surface area is 135 Å². The molecule has 0 bridgehead atoms. The molecule has 22 heavy (non-hydrogen) atoms. The number of nitrogens with one attached hydrogen (secondary N) is 1. The number of rotatable bonds is 6. The molecule has 0 atom stereocenters. The summed E-state index contributed by atoms with van der Waals surface area (Å²) < 4.78 is 3.41. The number of Topliss-reactive ketones (excluding diaryl/α,β-unsaturated/α-hetero) is 1. The molecule has 0 unspecified atom stereocenters. The summed E-state index contributed by atoms with van der Waals surface area (Å²) in [7, 11) is 0. The molecule has 0 saturated carbocycles. The van der Waals surface area contributed by atoms with Crippen LogP contribution in [0.5, 0.6) is 0 Å². The van der Waals surface area contributed by atoms with Crippen LogP contribution in [0.3, 0.4) is 0 Å². The van der Waals surface area contributed by atoms with Gasteiger partial charge in [0, 0.05) is 24.9 Å². The monoisotopic (exact) mass is 319 g/mol. The largest absolute Gasteiger partial charge is 0.351 e. The number of benzene rings is 1. The van der Waals surface area contributed by atoms with Crippen molar-refractivity contribution in [3.63, 3.8) is 0 Å². The van der Waals surface area contributed by atoms with Gasteiger partial charge in [-0.15, -0.1) is 0 Å². The fourth-order valence-electron chi connectivity index (χ4n) is 2.75. The Balaban J connectivity index is 2.01. The molecule has 0 aliphatic heterocycles. The van der Waals surface area contributed by atoms with Crippen LogP contribution < -0.4 is 9.88 Å². The predicted molar refractivity (Wildman–Crippen MR) is 88.9 cm³/mol. The first-order valence-corrected chi connectivity index (χ1v) is 8.28. The number of hydrogen-bond donors (Lipinski definition) is 1. The zero-order chi connectivity index (χ0) is 16.3. The molecular weight excluding hydrogens is 296 g/mol. The van der Waals surface area contributed by atoms with E-state index in [1.54, 1.807) is 18.3 Å². The molecule has 2 aromatic rings. The van der Waals surface area contributed by atoms with Gasteiger partial charge in [0.15, 0.2) is 6.54 Å². The molecule has 1 N–H and O–H groups in total. The molecule has 0 saturated heterocycles. The van der Waals surface area contributed by atoms with Gasteiger partial charge in [0.2, 0.25) is 16.4 Å². The molecular formula is C17H23N2O2S+. The lowest BCUT2D eigenvalue weighted by Crippen LogP contribution is -2.46. The fraction of sp³-hybridized carbons (Fsp3) is 0.471. The van der Waals surface area contributed by atoms with Crippen LogP contribution in [0.2, 0.25) is 0 Å². The maximum absolute atomic E-state index is 12.2. The van der Waals surface area contributed by atoms with E-state index >= 15 is 0 Å². The highest BCUT2D eigenvalue weighted by molar-refractivity contribution is 7.18. The Kier molecular flexibility index (Phi) is 4.96. The molecule has 0 aliphatic carbocycles. The summed E-state index contributed by atoms with van der Waals surface area (Å²) in [4.78, 5) is 23.4. The zero-order valence-electron chi connectivity index (χ0n) is 13.6. The number of aryl methyl sites for hydroxylation is 2. The number of aromatic nitrogens is 1. The van der Waals surface area contributed by atoms with Gasteiger partial charge in [-0.25, -0.2) is 0 Å². The minimum absolute atomic E-state index is 0.0200. The van der Waals surface area contributed by atoms with E-state index in [0.717, 1.165) is 0 Å². The van der Waals surface area contributed by atoms with E-state index in [2.05, 4.69) is 28.9 Å². The van der Waals surface area contributed by atoms with Crippen molar-refractivity contribution in [2.45, 2.75) is 52.6 Å². The first-order valence-electron chi connectivity index (χ1n) is 7.47. The number of fused-ring (bicyclic) bond motifs is 1. The standard InChI is InChI=1S/C17H22N2O2S/c1-12(20)11-17(3,4)18-16(21)9-10-19-13(2)22-15-8-6-5-7-14(15)19/h5-8H,9-11H2,1-4H3/p+1. The Bertz CT molecular complexity index is 704. The maximum Gasteiger partial charge on any atom is 0.235 e. The van der Waals surface area contributed by atoms with E-state index in [0.29, 0.717) is 19.4 Å². The van der Waals surface area contributed by atoms with Gasteiger partial charge in [0.1, 0.15) is 10.5 Å². The number of amides is 1. The number of carbonyl (C=O) groups is 2. The van der Waals surface area contributed by atoms with Crippen molar-refractivity contribution in [1.29, 1.82) is 0 Å². The second kappa shape index (κ2) is 6.57. The molecule has 0 aliphatic rings. The number of carbonyl (C=O) groups excluding carboxylic acids is 2. The summed E-state index contributed by atoms with van der Waals surface area (Å²) in [5, 5.41) is 4.14. The zero-order valence-corrected chi connectivity index (χ0v) is 14.4. The first kappa shape index (κ1) is 16.6. The van der Waals surface area contributed by atoms with Crippen LogP contribution in [0.15, 0.2) is 24.3 Å². The Morgan fingerprint density at radius 2 is 1.95 bits per heavy atom. The molecule has 0 radical (unpaired) electrons. The smallest absolute Gasteiger partial charge is 0.235 e. The van der Waals surface area contributed by atoms with Crippen LogP contribution in [0.1, 0.15) is 38.6 Å². The van der Waals surface area contributed by atoms with Gasteiger partial charge in [0.25, 0.3) is 0 Å². The van der Waals surface area contributed by atoms with Crippen molar-refractivity contribution in [2.24, 2.45) is 0 Å². The average molecular weight is 319 g/mol. The number of hydrogen-bond acceptors (Lipinski definition) is 3. The van der Waals surface area contributed by atoms with E-state index < -0.39 is 5.54 Å². The van der Waals surface area contributed by atoms with Crippen LogP contribution in [-0.2, 0) is 16.1 Å². The summed E-state index contributed by atoms with van der Waals surface area (Å²) in [5.74, 6) is 0.0628. The minimum Gasteiger partial charge on any atom is -0.351 e. The van der Waals surface area contributed by atoms with Gasteiger partial charge in [-0.2, -0.15) is 4.57 Å². The predicted octanol–water partition coefficient (Wildman–Crippen LogP) is 2.76. The average Bonchev–Trinajstić information content (AvgIpc) is 2.69. The second-order valence-electron chi connectivity index (χ2n) is 6.30. The second-order valence-corrected chi connectivity index (χ2v) is 7.54. The topological polar surface area (TPSA) is 50.1 Å². The minimum atomic E-state index is -0.487.